The van der Waals surface area contributed by atoms with Gasteiger partial charge in [-0.25, -0.2) is 0 Å². The van der Waals surface area contributed by atoms with Crippen LogP contribution < -0.4 is 5.32 Å². The van der Waals surface area contributed by atoms with Gasteiger partial charge in [0.1, 0.15) is 0 Å². The Bertz CT molecular complexity index is 347. The van der Waals surface area contributed by atoms with Crippen LogP contribution in [0.25, 0.3) is 0 Å². The molecule has 2 nitrogen and oxygen atoms in total. The van der Waals surface area contributed by atoms with Gasteiger partial charge in [-0.3, -0.25) is 0 Å². The molecule has 0 unspecified atom stereocenters. The average Bonchev–Trinajstić information content (AvgIpc) is 2.76. The van der Waals surface area contributed by atoms with Gasteiger partial charge in [-0.15, -0.1) is 11.3 Å². The molecule has 1 aromatic heterocycles. The Hall–Kier alpha value is -0.380. The number of ether oxygens (including phenoxy) is 1. The third kappa shape index (κ3) is 3.80. The molecule has 0 atom stereocenters. The van der Waals surface area contributed by atoms with E-state index in [1.807, 2.05) is 11.3 Å². The predicted molar refractivity (Wildman–Crippen MR) is 73.7 cm³/mol. The van der Waals surface area contributed by atoms with Crippen molar-refractivity contribution in [3.05, 3.63) is 21.9 Å². The van der Waals surface area contributed by atoms with E-state index in [9.17, 15) is 0 Å². The highest BCUT2D eigenvalue weighted by Crippen LogP contribution is 2.29. The molecule has 0 bridgehead atoms. The van der Waals surface area contributed by atoms with Crippen LogP contribution in [0.1, 0.15) is 43.4 Å². The molecule has 1 aliphatic rings. The molecule has 0 spiro atoms. The van der Waals surface area contributed by atoms with Gasteiger partial charge in [-0.05, 0) is 30.4 Å². The largest absolute Gasteiger partial charge is 0.381 e. The molecule has 17 heavy (non-hydrogen) atoms. The molecular weight excluding hydrogens is 230 g/mol. The smallest absolute Gasteiger partial charge is 0.0480 e. The van der Waals surface area contributed by atoms with E-state index in [1.54, 1.807) is 0 Å². The number of hydrogen-bond donors (Lipinski definition) is 1. The minimum atomic E-state index is 0.279. The molecule has 0 aliphatic carbocycles. The fraction of sp³-hybridized carbons (Fsp3) is 0.714. The molecule has 1 saturated heterocycles. The minimum absolute atomic E-state index is 0.279. The van der Waals surface area contributed by atoms with Gasteiger partial charge < -0.3 is 10.1 Å². The molecule has 0 radical (unpaired) electrons. The van der Waals surface area contributed by atoms with Gasteiger partial charge >= 0.3 is 0 Å². The maximum Gasteiger partial charge on any atom is 0.0480 e. The van der Waals surface area contributed by atoms with Gasteiger partial charge in [0, 0.05) is 35.6 Å². The van der Waals surface area contributed by atoms with E-state index < -0.39 is 0 Å². The Labute approximate surface area is 108 Å². The molecule has 1 aromatic rings. The molecule has 2 rings (SSSR count). The summed E-state index contributed by atoms with van der Waals surface area (Å²) in [5.41, 5.74) is 0.279. The van der Waals surface area contributed by atoms with Gasteiger partial charge in [0.05, 0.1) is 0 Å². The predicted octanol–water partition coefficient (Wildman–Crippen LogP) is 3.31. The maximum absolute atomic E-state index is 5.36. The normalized spacial score (nSPS) is 18.5. The van der Waals surface area contributed by atoms with Crippen molar-refractivity contribution in [1.82, 2.24) is 5.32 Å². The Balaban J connectivity index is 1.84. The first-order valence-electron chi connectivity index (χ1n) is 6.46. The highest BCUT2D eigenvalue weighted by molar-refractivity contribution is 7.12. The maximum atomic E-state index is 5.36. The molecule has 96 valence electrons. The Morgan fingerprint density at radius 2 is 2.00 bits per heavy atom. The summed E-state index contributed by atoms with van der Waals surface area (Å²) >= 11 is 1.93. The summed E-state index contributed by atoms with van der Waals surface area (Å²) in [6.45, 7) is 9.65. The summed E-state index contributed by atoms with van der Waals surface area (Å²) in [6, 6.07) is 5.17. The molecule has 1 N–H and O–H groups in total. The van der Waals surface area contributed by atoms with Crippen molar-refractivity contribution in [1.29, 1.82) is 0 Å². The van der Waals surface area contributed by atoms with Crippen molar-refractivity contribution >= 4 is 11.3 Å². The first-order valence-corrected chi connectivity index (χ1v) is 7.28. The van der Waals surface area contributed by atoms with Crippen molar-refractivity contribution in [2.75, 3.05) is 13.2 Å². The topological polar surface area (TPSA) is 21.3 Å². The molecule has 3 heteroatoms. The lowest BCUT2D eigenvalue weighted by atomic mass is 9.95. The zero-order chi connectivity index (χ0) is 12.3. The summed E-state index contributed by atoms with van der Waals surface area (Å²) in [5.74, 6) is 0. The van der Waals surface area contributed by atoms with Crippen LogP contribution >= 0.6 is 11.3 Å². The zero-order valence-corrected chi connectivity index (χ0v) is 11.9. The van der Waals surface area contributed by atoms with Crippen LogP contribution in [-0.4, -0.2) is 19.3 Å². The van der Waals surface area contributed by atoms with Crippen LogP contribution in [0.3, 0.4) is 0 Å². The number of rotatable bonds is 3. The molecule has 0 saturated carbocycles. The third-order valence-electron chi connectivity index (χ3n) is 3.19. The Morgan fingerprint density at radius 1 is 1.29 bits per heavy atom. The van der Waals surface area contributed by atoms with E-state index >= 15 is 0 Å². The fourth-order valence-electron chi connectivity index (χ4n) is 2.02. The summed E-state index contributed by atoms with van der Waals surface area (Å²) in [7, 11) is 0. The first kappa shape index (κ1) is 13.1. The average molecular weight is 253 g/mol. The van der Waals surface area contributed by atoms with Crippen molar-refractivity contribution in [3.63, 3.8) is 0 Å². The summed E-state index contributed by atoms with van der Waals surface area (Å²) in [5, 5.41) is 3.63. The quantitative estimate of drug-likeness (QED) is 0.892. The van der Waals surface area contributed by atoms with Crippen molar-refractivity contribution in [2.45, 2.75) is 51.6 Å². The van der Waals surface area contributed by atoms with Crippen molar-refractivity contribution in [2.24, 2.45) is 0 Å². The Kier molecular flexibility index (Phi) is 4.23. The van der Waals surface area contributed by atoms with Crippen LogP contribution in [0, 0.1) is 0 Å². The standard InChI is InChI=1S/C14H23NOS/c1-14(2,3)13-5-4-12(17-13)10-15-11-6-8-16-9-7-11/h4-5,11,15H,6-10H2,1-3H3. The summed E-state index contributed by atoms with van der Waals surface area (Å²) < 4.78 is 5.36. The summed E-state index contributed by atoms with van der Waals surface area (Å²) in [6.07, 6.45) is 2.30. The van der Waals surface area contributed by atoms with Gasteiger partial charge in [0.25, 0.3) is 0 Å². The van der Waals surface area contributed by atoms with Crippen LogP contribution in [0.4, 0.5) is 0 Å². The highest BCUT2D eigenvalue weighted by atomic mass is 32.1. The SMILES string of the molecule is CC(C)(C)c1ccc(CNC2CCOCC2)s1. The van der Waals surface area contributed by atoms with Crippen LogP contribution in [0.5, 0.6) is 0 Å². The monoisotopic (exact) mass is 253 g/mol. The molecule has 0 aromatic carbocycles. The van der Waals surface area contributed by atoms with E-state index in [1.165, 1.54) is 9.75 Å². The highest BCUT2D eigenvalue weighted by Gasteiger charge is 2.17. The second kappa shape index (κ2) is 5.51. The van der Waals surface area contributed by atoms with Gasteiger partial charge in [-0.2, -0.15) is 0 Å². The first-order chi connectivity index (χ1) is 8.05. The van der Waals surface area contributed by atoms with Crippen molar-refractivity contribution in [3.8, 4) is 0 Å². The van der Waals surface area contributed by atoms with Gasteiger partial charge in [-0.1, -0.05) is 20.8 Å². The number of nitrogens with one attached hydrogen (secondary N) is 1. The second-order valence-corrected chi connectivity index (χ2v) is 6.95. The number of hydrogen-bond acceptors (Lipinski definition) is 3. The minimum Gasteiger partial charge on any atom is -0.381 e. The lowest BCUT2D eigenvalue weighted by Gasteiger charge is -2.22. The lowest BCUT2D eigenvalue weighted by Crippen LogP contribution is -2.34. The summed E-state index contributed by atoms with van der Waals surface area (Å²) in [4.78, 5) is 2.92. The van der Waals surface area contributed by atoms with Crippen LogP contribution in [-0.2, 0) is 16.7 Å². The molecule has 1 aliphatic heterocycles. The van der Waals surface area contributed by atoms with E-state index in [0.29, 0.717) is 6.04 Å². The molecule has 1 fully saturated rings. The van der Waals surface area contributed by atoms with E-state index in [4.69, 9.17) is 4.74 Å². The Morgan fingerprint density at radius 3 is 2.59 bits per heavy atom. The van der Waals surface area contributed by atoms with Crippen molar-refractivity contribution < 1.29 is 4.74 Å². The molecular formula is C14H23NOS. The fourth-order valence-corrected chi connectivity index (χ4v) is 3.04. The van der Waals surface area contributed by atoms with E-state index in [2.05, 4.69) is 38.2 Å². The second-order valence-electron chi connectivity index (χ2n) is 5.78. The lowest BCUT2D eigenvalue weighted by molar-refractivity contribution is 0.0777. The molecule has 0 amide bonds. The third-order valence-corrected chi connectivity index (χ3v) is 4.70. The van der Waals surface area contributed by atoms with E-state index in [-0.39, 0.29) is 5.41 Å². The van der Waals surface area contributed by atoms with Gasteiger partial charge in [0.15, 0.2) is 0 Å². The van der Waals surface area contributed by atoms with Crippen LogP contribution in [0.15, 0.2) is 12.1 Å². The van der Waals surface area contributed by atoms with E-state index in [0.717, 1.165) is 32.6 Å². The van der Waals surface area contributed by atoms with Crippen LogP contribution in [0.2, 0.25) is 0 Å². The zero-order valence-electron chi connectivity index (χ0n) is 11.1. The number of thiophene rings is 1. The molecule has 2 heterocycles. The van der Waals surface area contributed by atoms with Gasteiger partial charge in [0.2, 0.25) is 0 Å².